The van der Waals surface area contributed by atoms with Crippen molar-refractivity contribution >= 4 is 29.1 Å². The van der Waals surface area contributed by atoms with Crippen LogP contribution >= 0.6 is 11.6 Å². The van der Waals surface area contributed by atoms with Crippen molar-refractivity contribution in [2.24, 2.45) is 0 Å². The molecule has 1 unspecified atom stereocenters. The van der Waals surface area contributed by atoms with Crippen LogP contribution in [0.3, 0.4) is 0 Å². The quantitative estimate of drug-likeness (QED) is 0.778. The summed E-state index contributed by atoms with van der Waals surface area (Å²) in [7, 11) is 0. The Bertz CT molecular complexity index is 851. The summed E-state index contributed by atoms with van der Waals surface area (Å²) in [6, 6.07) is 13.4. The fraction of sp³-hybridized carbons (Fsp3) is 0.364. The maximum Gasteiger partial charge on any atom is 0.238 e. The molecule has 3 rings (SSSR count). The van der Waals surface area contributed by atoms with Crippen molar-refractivity contribution in [2.45, 2.75) is 19.3 Å². The molecule has 2 aromatic rings. The van der Waals surface area contributed by atoms with E-state index in [1.54, 1.807) is 24.3 Å². The molecule has 7 heteroatoms. The van der Waals surface area contributed by atoms with Crippen molar-refractivity contribution in [1.82, 2.24) is 9.80 Å². The predicted molar refractivity (Wildman–Crippen MR) is 113 cm³/mol. The van der Waals surface area contributed by atoms with Crippen LogP contribution in [0.4, 0.5) is 10.1 Å². The Hall–Kier alpha value is -2.44. The number of carbonyl (C=O) groups is 2. The minimum absolute atomic E-state index is 0.0301. The van der Waals surface area contributed by atoms with E-state index in [0.29, 0.717) is 43.3 Å². The van der Waals surface area contributed by atoms with E-state index in [1.165, 1.54) is 12.1 Å². The number of amides is 2. The van der Waals surface area contributed by atoms with Crippen molar-refractivity contribution in [1.29, 1.82) is 0 Å². The van der Waals surface area contributed by atoms with Crippen LogP contribution in [0.1, 0.15) is 24.8 Å². The van der Waals surface area contributed by atoms with Gasteiger partial charge in [-0.1, -0.05) is 42.8 Å². The molecule has 0 aliphatic carbocycles. The van der Waals surface area contributed by atoms with E-state index in [4.69, 9.17) is 11.6 Å². The van der Waals surface area contributed by atoms with Crippen molar-refractivity contribution in [3.8, 4) is 0 Å². The van der Waals surface area contributed by atoms with Crippen LogP contribution in [0.2, 0.25) is 5.02 Å². The summed E-state index contributed by atoms with van der Waals surface area (Å²) < 4.78 is 13.1. The van der Waals surface area contributed by atoms with Gasteiger partial charge in [-0.3, -0.25) is 14.5 Å². The smallest absolute Gasteiger partial charge is 0.238 e. The molecule has 1 heterocycles. The summed E-state index contributed by atoms with van der Waals surface area (Å²) in [6.45, 7) is 4.71. The van der Waals surface area contributed by atoms with Crippen LogP contribution < -0.4 is 5.32 Å². The van der Waals surface area contributed by atoms with Gasteiger partial charge in [0.2, 0.25) is 11.8 Å². The molecular weight excluding hydrogens is 393 g/mol. The normalized spacial score (nSPS) is 15.8. The highest BCUT2D eigenvalue weighted by Crippen LogP contribution is 2.22. The van der Waals surface area contributed by atoms with Gasteiger partial charge < -0.3 is 10.2 Å². The third-order valence-corrected chi connectivity index (χ3v) is 5.49. The molecule has 0 saturated carbocycles. The molecule has 0 radical (unpaired) electrons. The minimum atomic E-state index is -0.276. The van der Waals surface area contributed by atoms with E-state index in [1.807, 2.05) is 28.9 Å². The molecule has 5 nitrogen and oxygen atoms in total. The molecule has 0 spiro atoms. The molecule has 1 aliphatic rings. The van der Waals surface area contributed by atoms with Crippen LogP contribution in [-0.2, 0) is 9.59 Å². The zero-order chi connectivity index (χ0) is 20.8. The highest BCUT2D eigenvalue weighted by Gasteiger charge is 2.24. The highest BCUT2D eigenvalue weighted by molar-refractivity contribution is 6.33. The van der Waals surface area contributed by atoms with Crippen LogP contribution in [0.5, 0.6) is 0 Å². The van der Waals surface area contributed by atoms with E-state index in [2.05, 4.69) is 5.32 Å². The summed E-state index contributed by atoms with van der Waals surface area (Å²) >= 11 is 6.07. The highest BCUT2D eigenvalue weighted by atomic mass is 35.5. The van der Waals surface area contributed by atoms with Crippen molar-refractivity contribution < 1.29 is 14.0 Å². The van der Waals surface area contributed by atoms with Gasteiger partial charge in [0, 0.05) is 32.6 Å². The molecule has 1 N–H and O–H groups in total. The predicted octanol–water partition coefficient (Wildman–Crippen LogP) is 3.76. The Labute approximate surface area is 175 Å². The molecule has 0 bridgehead atoms. The van der Waals surface area contributed by atoms with E-state index in [0.717, 1.165) is 5.56 Å². The van der Waals surface area contributed by atoms with Crippen LogP contribution in [0.15, 0.2) is 48.5 Å². The number of carbonyl (C=O) groups excluding carboxylic acids is 2. The Balaban J connectivity index is 1.43. The van der Waals surface area contributed by atoms with Crippen molar-refractivity contribution in [2.75, 3.05) is 38.0 Å². The Morgan fingerprint density at radius 3 is 2.38 bits per heavy atom. The number of hydrogen-bond acceptors (Lipinski definition) is 3. The van der Waals surface area contributed by atoms with Gasteiger partial charge >= 0.3 is 0 Å². The summed E-state index contributed by atoms with van der Waals surface area (Å²) in [5.41, 5.74) is 1.55. The Morgan fingerprint density at radius 2 is 1.72 bits per heavy atom. The lowest BCUT2D eigenvalue weighted by atomic mass is 9.97. The van der Waals surface area contributed by atoms with Gasteiger partial charge in [0.05, 0.1) is 17.3 Å². The fourth-order valence-corrected chi connectivity index (χ4v) is 3.59. The van der Waals surface area contributed by atoms with Crippen LogP contribution in [-0.4, -0.2) is 54.3 Å². The van der Waals surface area contributed by atoms with E-state index >= 15 is 0 Å². The van der Waals surface area contributed by atoms with Crippen molar-refractivity contribution in [3.05, 3.63) is 64.9 Å². The van der Waals surface area contributed by atoms with Crippen LogP contribution in [0, 0.1) is 5.82 Å². The molecule has 1 aliphatic heterocycles. The molecule has 2 aromatic carbocycles. The second kappa shape index (κ2) is 9.85. The molecule has 1 fully saturated rings. The first-order chi connectivity index (χ1) is 13.9. The average molecular weight is 418 g/mol. The number of benzene rings is 2. The topological polar surface area (TPSA) is 52.7 Å². The Kier molecular flexibility index (Phi) is 7.23. The number of piperazine rings is 1. The number of nitrogens with zero attached hydrogens (tertiary/aromatic N) is 2. The largest absolute Gasteiger partial charge is 0.340 e. The van der Waals surface area contributed by atoms with Crippen LogP contribution in [0.25, 0.3) is 0 Å². The first-order valence-electron chi connectivity index (χ1n) is 9.72. The minimum Gasteiger partial charge on any atom is -0.340 e. The number of anilines is 1. The van der Waals surface area contributed by atoms with E-state index in [9.17, 15) is 14.0 Å². The van der Waals surface area contributed by atoms with Gasteiger partial charge in [0.1, 0.15) is 5.82 Å². The second-order valence-corrected chi connectivity index (χ2v) is 7.75. The van der Waals surface area contributed by atoms with Gasteiger partial charge in [-0.2, -0.15) is 0 Å². The molecule has 0 aromatic heterocycles. The lowest BCUT2D eigenvalue weighted by Gasteiger charge is -2.34. The number of rotatable bonds is 6. The molecule has 154 valence electrons. The first kappa shape index (κ1) is 21.3. The van der Waals surface area contributed by atoms with Gasteiger partial charge in [-0.25, -0.2) is 4.39 Å². The summed E-state index contributed by atoms with van der Waals surface area (Å²) in [6.07, 6.45) is 0.388. The van der Waals surface area contributed by atoms with Gasteiger partial charge in [0.15, 0.2) is 0 Å². The third-order valence-electron chi connectivity index (χ3n) is 5.16. The van der Waals surface area contributed by atoms with E-state index < -0.39 is 0 Å². The second-order valence-electron chi connectivity index (χ2n) is 7.34. The van der Waals surface area contributed by atoms with Gasteiger partial charge in [-0.15, -0.1) is 0 Å². The van der Waals surface area contributed by atoms with Gasteiger partial charge in [0.25, 0.3) is 0 Å². The SMILES string of the molecule is CC(CC(=O)N1CCN(CC(=O)Nc2ccccc2Cl)CC1)c1ccc(F)cc1. The number of nitrogens with one attached hydrogen (secondary N) is 1. The molecule has 1 atom stereocenters. The standard InChI is InChI=1S/C22H25ClFN3O2/c1-16(17-6-8-18(24)9-7-17)14-22(29)27-12-10-26(11-13-27)15-21(28)25-20-5-3-2-4-19(20)23/h2-9,16H,10-15H2,1H3,(H,25,28). The zero-order valence-electron chi connectivity index (χ0n) is 16.4. The average Bonchev–Trinajstić information content (AvgIpc) is 2.70. The van der Waals surface area contributed by atoms with Gasteiger partial charge in [-0.05, 0) is 35.7 Å². The number of hydrogen-bond donors (Lipinski definition) is 1. The zero-order valence-corrected chi connectivity index (χ0v) is 17.2. The lowest BCUT2D eigenvalue weighted by molar-refractivity contribution is -0.133. The van der Waals surface area contributed by atoms with Crippen molar-refractivity contribution in [3.63, 3.8) is 0 Å². The molecular formula is C22H25ClFN3O2. The third kappa shape index (κ3) is 6.02. The summed E-state index contributed by atoms with van der Waals surface area (Å²) in [5, 5.41) is 3.33. The molecule has 29 heavy (non-hydrogen) atoms. The fourth-order valence-electron chi connectivity index (χ4n) is 3.41. The maximum atomic E-state index is 13.1. The first-order valence-corrected chi connectivity index (χ1v) is 10.1. The number of para-hydroxylation sites is 1. The monoisotopic (exact) mass is 417 g/mol. The maximum absolute atomic E-state index is 13.1. The molecule has 1 saturated heterocycles. The summed E-state index contributed by atoms with van der Waals surface area (Å²) in [5.74, 6) is -0.283. The van der Waals surface area contributed by atoms with E-state index in [-0.39, 0.29) is 30.1 Å². The summed E-state index contributed by atoms with van der Waals surface area (Å²) in [4.78, 5) is 28.7. The molecule has 2 amide bonds. The lowest BCUT2D eigenvalue weighted by Crippen LogP contribution is -2.50. The Morgan fingerprint density at radius 1 is 1.07 bits per heavy atom. The number of halogens is 2.